The van der Waals surface area contributed by atoms with Gasteiger partial charge in [-0.15, -0.1) is 0 Å². The Morgan fingerprint density at radius 1 is 1.38 bits per heavy atom. The Bertz CT molecular complexity index is 447. The fourth-order valence-electron chi connectivity index (χ4n) is 1.89. The SMILES string of the molecule is CCCNC(C)Cn1ncc2ccccc21. The Kier molecular flexibility index (Phi) is 3.57. The standard InChI is InChI=1S/C13H19N3/c1-3-8-14-11(2)10-16-13-7-5-4-6-12(13)9-15-16/h4-7,9,11,14H,3,8,10H2,1-2H3. The molecule has 0 bridgehead atoms. The van der Waals surface area contributed by atoms with E-state index in [4.69, 9.17) is 0 Å². The van der Waals surface area contributed by atoms with Gasteiger partial charge < -0.3 is 5.32 Å². The number of hydrogen-bond acceptors (Lipinski definition) is 2. The molecular weight excluding hydrogens is 198 g/mol. The lowest BCUT2D eigenvalue weighted by molar-refractivity contribution is 0.460. The second-order valence-corrected chi connectivity index (χ2v) is 4.24. The number of aromatic nitrogens is 2. The Hall–Kier alpha value is -1.35. The molecule has 0 aliphatic carbocycles. The lowest BCUT2D eigenvalue weighted by Gasteiger charge is -2.13. The molecule has 0 aliphatic heterocycles. The van der Waals surface area contributed by atoms with Gasteiger partial charge in [0.15, 0.2) is 0 Å². The molecule has 86 valence electrons. The van der Waals surface area contributed by atoms with Crippen LogP contribution in [0.3, 0.4) is 0 Å². The van der Waals surface area contributed by atoms with E-state index in [-0.39, 0.29) is 0 Å². The van der Waals surface area contributed by atoms with Gasteiger partial charge in [-0.05, 0) is 26.0 Å². The summed E-state index contributed by atoms with van der Waals surface area (Å²) in [5.41, 5.74) is 1.22. The second kappa shape index (κ2) is 5.12. The van der Waals surface area contributed by atoms with Gasteiger partial charge in [0.1, 0.15) is 0 Å². The first kappa shape index (κ1) is 11.1. The van der Waals surface area contributed by atoms with Gasteiger partial charge in [-0.3, -0.25) is 4.68 Å². The van der Waals surface area contributed by atoms with Crippen molar-refractivity contribution < 1.29 is 0 Å². The van der Waals surface area contributed by atoms with Crippen LogP contribution in [-0.4, -0.2) is 22.4 Å². The molecule has 1 atom stereocenters. The van der Waals surface area contributed by atoms with Crippen LogP contribution in [0.2, 0.25) is 0 Å². The summed E-state index contributed by atoms with van der Waals surface area (Å²) >= 11 is 0. The molecule has 2 aromatic rings. The van der Waals surface area contributed by atoms with Gasteiger partial charge >= 0.3 is 0 Å². The zero-order valence-corrected chi connectivity index (χ0v) is 9.98. The van der Waals surface area contributed by atoms with E-state index < -0.39 is 0 Å². The van der Waals surface area contributed by atoms with Gasteiger partial charge in [-0.1, -0.05) is 25.1 Å². The summed E-state index contributed by atoms with van der Waals surface area (Å²) in [5, 5.41) is 9.11. The van der Waals surface area contributed by atoms with Crippen molar-refractivity contribution in [2.45, 2.75) is 32.9 Å². The van der Waals surface area contributed by atoms with Gasteiger partial charge in [0.25, 0.3) is 0 Å². The van der Waals surface area contributed by atoms with Crippen LogP contribution in [0, 0.1) is 0 Å². The van der Waals surface area contributed by atoms with Crippen molar-refractivity contribution in [1.29, 1.82) is 0 Å². The summed E-state index contributed by atoms with van der Waals surface area (Å²) in [6.07, 6.45) is 3.10. The quantitative estimate of drug-likeness (QED) is 0.833. The molecule has 0 spiro atoms. The smallest absolute Gasteiger partial charge is 0.0683 e. The molecule has 1 aromatic heterocycles. The zero-order valence-electron chi connectivity index (χ0n) is 9.98. The van der Waals surface area contributed by atoms with Crippen molar-refractivity contribution in [1.82, 2.24) is 15.1 Å². The average Bonchev–Trinajstić information content (AvgIpc) is 2.70. The zero-order chi connectivity index (χ0) is 11.4. The van der Waals surface area contributed by atoms with Crippen LogP contribution in [-0.2, 0) is 6.54 Å². The predicted molar refractivity (Wildman–Crippen MR) is 67.5 cm³/mol. The van der Waals surface area contributed by atoms with Gasteiger partial charge in [0, 0.05) is 11.4 Å². The molecule has 16 heavy (non-hydrogen) atoms. The summed E-state index contributed by atoms with van der Waals surface area (Å²) in [5.74, 6) is 0. The first-order valence-electron chi connectivity index (χ1n) is 5.95. The number of fused-ring (bicyclic) bond motifs is 1. The highest BCUT2D eigenvalue weighted by Crippen LogP contribution is 2.12. The molecule has 3 nitrogen and oxygen atoms in total. The van der Waals surface area contributed by atoms with Crippen molar-refractivity contribution in [3.63, 3.8) is 0 Å². The molecular formula is C13H19N3. The van der Waals surface area contributed by atoms with E-state index in [0.29, 0.717) is 6.04 Å². The van der Waals surface area contributed by atoms with Crippen LogP contribution in [0.1, 0.15) is 20.3 Å². The molecule has 0 radical (unpaired) electrons. The van der Waals surface area contributed by atoms with Crippen LogP contribution in [0.5, 0.6) is 0 Å². The number of nitrogens with zero attached hydrogens (tertiary/aromatic N) is 2. The van der Waals surface area contributed by atoms with Gasteiger partial charge in [-0.25, -0.2) is 0 Å². The fourth-order valence-corrected chi connectivity index (χ4v) is 1.89. The lowest BCUT2D eigenvalue weighted by Crippen LogP contribution is -2.31. The van der Waals surface area contributed by atoms with E-state index in [2.05, 4.69) is 47.1 Å². The summed E-state index contributed by atoms with van der Waals surface area (Å²) in [6.45, 7) is 6.38. The first-order chi connectivity index (χ1) is 7.81. The fraction of sp³-hybridized carbons (Fsp3) is 0.462. The minimum atomic E-state index is 0.461. The average molecular weight is 217 g/mol. The number of rotatable bonds is 5. The lowest BCUT2D eigenvalue weighted by atomic mass is 10.2. The van der Waals surface area contributed by atoms with E-state index in [0.717, 1.165) is 13.1 Å². The van der Waals surface area contributed by atoms with Crippen LogP contribution in [0.4, 0.5) is 0 Å². The van der Waals surface area contributed by atoms with E-state index in [9.17, 15) is 0 Å². The van der Waals surface area contributed by atoms with Gasteiger partial charge in [0.2, 0.25) is 0 Å². The highest BCUT2D eigenvalue weighted by Gasteiger charge is 2.05. The van der Waals surface area contributed by atoms with E-state index in [1.165, 1.54) is 17.3 Å². The highest BCUT2D eigenvalue weighted by molar-refractivity contribution is 5.78. The molecule has 3 heteroatoms. The maximum atomic E-state index is 4.42. The van der Waals surface area contributed by atoms with Crippen molar-refractivity contribution in [2.24, 2.45) is 0 Å². The number of para-hydroxylation sites is 1. The minimum Gasteiger partial charge on any atom is -0.312 e. The first-order valence-corrected chi connectivity index (χ1v) is 5.95. The third kappa shape index (κ3) is 2.42. The largest absolute Gasteiger partial charge is 0.312 e. The summed E-state index contributed by atoms with van der Waals surface area (Å²) < 4.78 is 2.07. The van der Waals surface area contributed by atoms with Crippen LogP contribution >= 0.6 is 0 Å². The predicted octanol–water partition coefficient (Wildman–Crippen LogP) is 2.42. The van der Waals surface area contributed by atoms with E-state index in [1.54, 1.807) is 0 Å². The molecule has 0 aliphatic rings. The third-order valence-corrected chi connectivity index (χ3v) is 2.74. The maximum absolute atomic E-state index is 4.42. The topological polar surface area (TPSA) is 29.9 Å². The Morgan fingerprint density at radius 3 is 3.00 bits per heavy atom. The monoisotopic (exact) mass is 217 g/mol. The Morgan fingerprint density at radius 2 is 2.19 bits per heavy atom. The molecule has 0 saturated heterocycles. The van der Waals surface area contributed by atoms with Crippen molar-refractivity contribution in [3.05, 3.63) is 30.5 Å². The maximum Gasteiger partial charge on any atom is 0.0683 e. The molecule has 0 amide bonds. The summed E-state index contributed by atoms with van der Waals surface area (Å²) in [4.78, 5) is 0. The molecule has 1 aromatic carbocycles. The molecule has 0 fully saturated rings. The van der Waals surface area contributed by atoms with Crippen molar-refractivity contribution in [3.8, 4) is 0 Å². The van der Waals surface area contributed by atoms with E-state index >= 15 is 0 Å². The Labute approximate surface area is 96.5 Å². The second-order valence-electron chi connectivity index (χ2n) is 4.24. The number of nitrogens with one attached hydrogen (secondary N) is 1. The number of hydrogen-bond donors (Lipinski definition) is 1. The highest BCUT2D eigenvalue weighted by atomic mass is 15.3. The molecule has 0 saturated carbocycles. The van der Waals surface area contributed by atoms with Gasteiger partial charge in [-0.2, -0.15) is 5.10 Å². The van der Waals surface area contributed by atoms with Crippen molar-refractivity contribution >= 4 is 10.9 Å². The summed E-state index contributed by atoms with van der Waals surface area (Å²) in [7, 11) is 0. The molecule has 1 heterocycles. The summed E-state index contributed by atoms with van der Waals surface area (Å²) in [6, 6.07) is 8.79. The van der Waals surface area contributed by atoms with Crippen molar-refractivity contribution in [2.75, 3.05) is 6.54 Å². The molecule has 2 rings (SSSR count). The molecule has 1 unspecified atom stereocenters. The minimum absolute atomic E-state index is 0.461. The van der Waals surface area contributed by atoms with Gasteiger partial charge in [0.05, 0.1) is 18.3 Å². The Balaban J connectivity index is 2.09. The van der Waals surface area contributed by atoms with E-state index in [1.807, 2.05) is 12.3 Å². The normalized spacial score (nSPS) is 13.1. The van der Waals surface area contributed by atoms with Crippen LogP contribution in [0.15, 0.2) is 30.5 Å². The van der Waals surface area contributed by atoms with Crippen LogP contribution in [0.25, 0.3) is 10.9 Å². The molecule has 1 N–H and O–H groups in total. The third-order valence-electron chi connectivity index (χ3n) is 2.74. The number of benzene rings is 1. The van der Waals surface area contributed by atoms with Crippen LogP contribution < -0.4 is 5.32 Å².